The number of aryl methyl sites for hydroxylation is 1. The van der Waals surface area contributed by atoms with Gasteiger partial charge in [0.15, 0.2) is 0 Å². The molecule has 1 aliphatic rings. The summed E-state index contributed by atoms with van der Waals surface area (Å²) in [7, 11) is 0. The molecule has 6 heteroatoms. The topological polar surface area (TPSA) is 84.2 Å². The van der Waals surface area contributed by atoms with Gasteiger partial charge in [-0.05, 0) is 43.7 Å². The number of carbonyl (C=O) groups excluding carboxylic acids is 2. The first kappa shape index (κ1) is 20.5. The third-order valence-corrected chi connectivity index (χ3v) is 4.32. The summed E-state index contributed by atoms with van der Waals surface area (Å²) in [5.74, 6) is 0.115. The van der Waals surface area contributed by atoms with Crippen LogP contribution in [0.2, 0.25) is 0 Å². The van der Waals surface area contributed by atoms with Gasteiger partial charge in [-0.2, -0.15) is 0 Å². The van der Waals surface area contributed by atoms with Crippen molar-refractivity contribution in [3.8, 4) is 0 Å². The van der Waals surface area contributed by atoms with E-state index in [2.05, 4.69) is 10.6 Å². The van der Waals surface area contributed by atoms with Crippen molar-refractivity contribution in [2.45, 2.75) is 45.7 Å². The minimum absolute atomic E-state index is 0. The van der Waals surface area contributed by atoms with E-state index in [-0.39, 0.29) is 36.2 Å². The first-order valence-corrected chi connectivity index (χ1v) is 8.30. The van der Waals surface area contributed by atoms with Gasteiger partial charge in [-0.1, -0.05) is 31.5 Å². The van der Waals surface area contributed by atoms with Gasteiger partial charge in [0.2, 0.25) is 5.91 Å². The molecule has 1 saturated carbocycles. The van der Waals surface area contributed by atoms with Gasteiger partial charge >= 0.3 is 0 Å². The van der Waals surface area contributed by atoms with Crippen LogP contribution in [0.1, 0.15) is 42.6 Å². The number of rotatable bonds is 7. The molecule has 24 heavy (non-hydrogen) atoms. The van der Waals surface area contributed by atoms with Crippen molar-refractivity contribution in [1.82, 2.24) is 10.6 Å². The lowest BCUT2D eigenvalue weighted by molar-refractivity contribution is -0.124. The summed E-state index contributed by atoms with van der Waals surface area (Å²) in [6, 6.07) is 6.77. The van der Waals surface area contributed by atoms with E-state index in [4.69, 9.17) is 5.73 Å². The van der Waals surface area contributed by atoms with Crippen molar-refractivity contribution in [2.75, 3.05) is 6.54 Å². The van der Waals surface area contributed by atoms with E-state index in [1.807, 2.05) is 32.9 Å². The summed E-state index contributed by atoms with van der Waals surface area (Å²) in [5, 5.41) is 5.85. The summed E-state index contributed by atoms with van der Waals surface area (Å²) < 4.78 is 0. The lowest BCUT2D eigenvalue weighted by atomic mass is 10.0. The predicted molar refractivity (Wildman–Crippen MR) is 98.2 cm³/mol. The van der Waals surface area contributed by atoms with E-state index in [1.165, 1.54) is 0 Å². The Hall–Kier alpha value is -1.59. The molecule has 0 aromatic heterocycles. The lowest BCUT2D eigenvalue weighted by Crippen LogP contribution is -2.54. The summed E-state index contributed by atoms with van der Waals surface area (Å²) in [5.41, 5.74) is 7.40. The van der Waals surface area contributed by atoms with Gasteiger partial charge in [0.1, 0.15) is 6.04 Å². The van der Waals surface area contributed by atoms with Crippen molar-refractivity contribution in [3.05, 3.63) is 35.4 Å². The van der Waals surface area contributed by atoms with Crippen molar-refractivity contribution in [3.63, 3.8) is 0 Å². The molecule has 0 spiro atoms. The molecule has 1 aromatic rings. The Labute approximate surface area is 150 Å². The molecule has 2 rings (SSSR count). The molecule has 134 valence electrons. The Morgan fingerprint density at radius 2 is 1.75 bits per heavy atom. The number of nitrogens with two attached hydrogens (primary N) is 1. The zero-order chi connectivity index (χ0) is 17.0. The number of amides is 2. The fraction of sp³-hybridized carbons (Fsp3) is 0.556. The van der Waals surface area contributed by atoms with Crippen molar-refractivity contribution in [1.29, 1.82) is 0 Å². The quantitative estimate of drug-likeness (QED) is 0.701. The van der Waals surface area contributed by atoms with E-state index in [0.29, 0.717) is 18.0 Å². The highest BCUT2D eigenvalue weighted by Gasteiger charge is 2.33. The standard InChI is InChI=1S/C18H27N3O2.ClH/c1-11(2)16(18(23)20-15(10-19)13-8-9-13)21-17(22)14-6-4-12(3)5-7-14;/h4-7,11,13,15-16H,8-10,19H2,1-3H3,(H,20,23)(H,21,22);1H. The third kappa shape index (κ3) is 5.49. The third-order valence-electron chi connectivity index (χ3n) is 4.32. The van der Waals surface area contributed by atoms with Gasteiger partial charge in [-0.3, -0.25) is 9.59 Å². The molecular weight excluding hydrogens is 326 g/mol. The molecular formula is C18H28ClN3O2. The van der Waals surface area contributed by atoms with Crippen molar-refractivity contribution in [2.24, 2.45) is 17.6 Å². The summed E-state index contributed by atoms with van der Waals surface area (Å²) >= 11 is 0. The van der Waals surface area contributed by atoms with Crippen LogP contribution in [0.4, 0.5) is 0 Å². The van der Waals surface area contributed by atoms with Crippen LogP contribution in [0.25, 0.3) is 0 Å². The molecule has 0 aliphatic heterocycles. The Balaban J connectivity index is 0.00000288. The number of hydrogen-bond acceptors (Lipinski definition) is 3. The number of nitrogens with one attached hydrogen (secondary N) is 2. The fourth-order valence-electron chi connectivity index (χ4n) is 2.60. The summed E-state index contributed by atoms with van der Waals surface area (Å²) in [6.45, 7) is 6.26. The monoisotopic (exact) mass is 353 g/mol. The maximum atomic E-state index is 12.5. The number of hydrogen-bond donors (Lipinski definition) is 3. The molecule has 2 amide bonds. The Kier molecular flexibility index (Phi) is 7.70. The molecule has 0 radical (unpaired) electrons. The average molecular weight is 354 g/mol. The molecule has 0 saturated heterocycles. The SMILES string of the molecule is Cc1ccc(C(=O)NC(C(=O)NC(CN)C2CC2)C(C)C)cc1.Cl. The maximum Gasteiger partial charge on any atom is 0.251 e. The highest BCUT2D eigenvalue weighted by molar-refractivity contribution is 5.97. The van der Waals surface area contributed by atoms with E-state index < -0.39 is 6.04 Å². The van der Waals surface area contributed by atoms with Crippen molar-refractivity contribution >= 4 is 24.2 Å². The van der Waals surface area contributed by atoms with E-state index in [1.54, 1.807) is 12.1 Å². The fourth-order valence-corrected chi connectivity index (χ4v) is 2.60. The second kappa shape index (κ2) is 9.04. The van der Waals surface area contributed by atoms with Gasteiger partial charge < -0.3 is 16.4 Å². The zero-order valence-corrected chi connectivity index (χ0v) is 15.4. The van der Waals surface area contributed by atoms with E-state index in [9.17, 15) is 9.59 Å². The van der Waals surface area contributed by atoms with Gasteiger partial charge in [0.25, 0.3) is 5.91 Å². The summed E-state index contributed by atoms with van der Waals surface area (Å²) in [4.78, 5) is 24.9. The minimum Gasteiger partial charge on any atom is -0.350 e. The van der Waals surface area contributed by atoms with Gasteiger partial charge in [0.05, 0.1) is 0 Å². The molecule has 1 aliphatic carbocycles. The molecule has 5 nitrogen and oxygen atoms in total. The predicted octanol–water partition coefficient (Wildman–Crippen LogP) is 2.02. The van der Waals surface area contributed by atoms with Gasteiger partial charge in [-0.15, -0.1) is 12.4 Å². The normalized spacial score (nSPS) is 16.0. The first-order valence-electron chi connectivity index (χ1n) is 8.30. The second-order valence-electron chi connectivity index (χ2n) is 6.75. The van der Waals surface area contributed by atoms with Crippen LogP contribution >= 0.6 is 12.4 Å². The maximum absolute atomic E-state index is 12.5. The molecule has 1 aromatic carbocycles. The highest BCUT2D eigenvalue weighted by Crippen LogP contribution is 2.32. The average Bonchev–Trinajstić information content (AvgIpc) is 3.34. The number of carbonyl (C=O) groups is 2. The first-order chi connectivity index (χ1) is 10.9. The molecule has 1 fully saturated rings. The lowest BCUT2D eigenvalue weighted by Gasteiger charge is -2.25. The molecule has 0 heterocycles. The number of halogens is 1. The van der Waals surface area contributed by atoms with Crippen molar-refractivity contribution < 1.29 is 9.59 Å². The van der Waals surface area contributed by atoms with Crippen LogP contribution in [0.5, 0.6) is 0 Å². The van der Waals surface area contributed by atoms with E-state index >= 15 is 0 Å². The highest BCUT2D eigenvalue weighted by atomic mass is 35.5. The smallest absolute Gasteiger partial charge is 0.251 e. The van der Waals surface area contributed by atoms with Crippen LogP contribution in [-0.4, -0.2) is 30.4 Å². The zero-order valence-electron chi connectivity index (χ0n) is 14.5. The van der Waals surface area contributed by atoms with Crippen LogP contribution in [0, 0.1) is 18.8 Å². The largest absolute Gasteiger partial charge is 0.350 e. The Morgan fingerprint density at radius 1 is 1.17 bits per heavy atom. The van der Waals surface area contributed by atoms with E-state index in [0.717, 1.165) is 18.4 Å². The van der Waals surface area contributed by atoms with Crippen LogP contribution < -0.4 is 16.4 Å². The van der Waals surface area contributed by atoms with Crippen LogP contribution in [-0.2, 0) is 4.79 Å². The number of benzene rings is 1. The molecule has 2 unspecified atom stereocenters. The molecule has 4 N–H and O–H groups in total. The van der Waals surface area contributed by atoms with Gasteiger partial charge in [-0.25, -0.2) is 0 Å². The second-order valence-corrected chi connectivity index (χ2v) is 6.75. The van der Waals surface area contributed by atoms with Crippen LogP contribution in [0.15, 0.2) is 24.3 Å². The Bertz CT molecular complexity index is 556. The molecule has 0 bridgehead atoms. The molecule has 2 atom stereocenters. The summed E-state index contributed by atoms with van der Waals surface area (Å²) in [6.07, 6.45) is 2.23. The van der Waals surface area contributed by atoms with Crippen LogP contribution in [0.3, 0.4) is 0 Å². The Morgan fingerprint density at radius 3 is 2.21 bits per heavy atom. The minimum atomic E-state index is -0.559. The van der Waals surface area contributed by atoms with Gasteiger partial charge in [0, 0.05) is 18.2 Å².